The molecule has 0 heterocycles. The predicted octanol–water partition coefficient (Wildman–Crippen LogP) is 3.11. The van der Waals surface area contributed by atoms with Gasteiger partial charge in [-0.2, -0.15) is 0 Å². The Morgan fingerprint density at radius 1 is 1.39 bits per heavy atom. The van der Waals surface area contributed by atoms with Crippen LogP contribution in [0.25, 0.3) is 0 Å². The zero-order valence-electron chi connectivity index (χ0n) is 10.2. The van der Waals surface area contributed by atoms with Gasteiger partial charge in [-0.25, -0.2) is 4.39 Å². The van der Waals surface area contributed by atoms with Crippen molar-refractivity contribution in [2.24, 2.45) is 0 Å². The summed E-state index contributed by atoms with van der Waals surface area (Å²) in [4.78, 5) is 11.9. The molecule has 1 N–H and O–H groups in total. The van der Waals surface area contributed by atoms with Gasteiger partial charge in [0.1, 0.15) is 5.82 Å². The van der Waals surface area contributed by atoms with Crippen molar-refractivity contribution in [1.82, 2.24) is 5.32 Å². The fraction of sp³-hybridized carbons (Fsp3) is 0.462. The molecule has 1 amide bonds. The molecule has 100 valence electrons. The zero-order valence-corrected chi connectivity index (χ0v) is 11.7. The Balaban J connectivity index is 2.66. The van der Waals surface area contributed by atoms with E-state index < -0.39 is 5.54 Å². The van der Waals surface area contributed by atoms with Crippen LogP contribution in [-0.2, 0) is 11.2 Å². The quantitative estimate of drug-likeness (QED) is 0.802. The van der Waals surface area contributed by atoms with E-state index in [9.17, 15) is 9.18 Å². The molecule has 0 aliphatic carbocycles. The molecule has 5 heteroatoms. The minimum atomic E-state index is -0.590. The van der Waals surface area contributed by atoms with Gasteiger partial charge >= 0.3 is 0 Å². The molecule has 0 atom stereocenters. The van der Waals surface area contributed by atoms with E-state index in [2.05, 4.69) is 5.32 Å². The average Bonchev–Trinajstić information content (AvgIpc) is 2.36. The van der Waals surface area contributed by atoms with E-state index in [0.29, 0.717) is 12.0 Å². The van der Waals surface area contributed by atoms with Gasteiger partial charge in [-0.3, -0.25) is 4.79 Å². The van der Waals surface area contributed by atoms with Crippen LogP contribution < -0.4 is 5.32 Å². The molecule has 0 spiro atoms. The van der Waals surface area contributed by atoms with Gasteiger partial charge in [-0.15, -0.1) is 23.2 Å². The molecule has 0 aliphatic heterocycles. The third-order valence-corrected chi connectivity index (χ3v) is 3.87. The van der Waals surface area contributed by atoms with Crippen LogP contribution in [-0.4, -0.2) is 23.2 Å². The molecule has 0 bridgehead atoms. The smallest absolute Gasteiger partial charge is 0.224 e. The molecule has 0 aliphatic rings. The van der Waals surface area contributed by atoms with Crippen LogP contribution in [0, 0.1) is 5.82 Å². The van der Waals surface area contributed by atoms with Gasteiger partial charge in [0, 0.05) is 11.8 Å². The number of carbonyl (C=O) groups is 1. The standard InChI is InChI=1S/C13H16Cl2FNO/c1-2-13(8-14,9-15)17-12(18)7-10-4-3-5-11(16)6-10/h3-6H,2,7-9H2,1H3,(H,17,18). The number of alkyl halides is 2. The highest BCUT2D eigenvalue weighted by Crippen LogP contribution is 2.15. The van der Waals surface area contributed by atoms with Crippen molar-refractivity contribution in [2.75, 3.05) is 11.8 Å². The van der Waals surface area contributed by atoms with Gasteiger partial charge in [-0.05, 0) is 24.1 Å². The second-order valence-electron chi connectivity index (χ2n) is 4.26. The fourth-order valence-electron chi connectivity index (χ4n) is 1.55. The third kappa shape index (κ3) is 4.14. The van der Waals surface area contributed by atoms with Gasteiger partial charge < -0.3 is 5.32 Å². The molecular weight excluding hydrogens is 276 g/mol. The summed E-state index contributed by atoms with van der Waals surface area (Å²) in [6.07, 6.45) is 0.766. The molecule has 0 radical (unpaired) electrons. The van der Waals surface area contributed by atoms with Gasteiger partial charge in [0.15, 0.2) is 0 Å². The Labute approximate surface area is 116 Å². The maximum atomic E-state index is 13.0. The molecule has 0 aromatic heterocycles. The number of carbonyl (C=O) groups excluding carboxylic acids is 1. The average molecular weight is 292 g/mol. The van der Waals surface area contributed by atoms with Crippen LogP contribution in [0.1, 0.15) is 18.9 Å². The number of rotatable bonds is 6. The van der Waals surface area contributed by atoms with Crippen LogP contribution in [0.5, 0.6) is 0 Å². The van der Waals surface area contributed by atoms with Gasteiger partial charge in [0.05, 0.1) is 12.0 Å². The molecule has 1 rings (SSSR count). The van der Waals surface area contributed by atoms with Crippen molar-refractivity contribution in [1.29, 1.82) is 0 Å². The number of hydrogen-bond donors (Lipinski definition) is 1. The normalized spacial score (nSPS) is 11.3. The third-order valence-electron chi connectivity index (χ3n) is 2.85. The number of nitrogens with one attached hydrogen (secondary N) is 1. The lowest BCUT2D eigenvalue weighted by Crippen LogP contribution is -2.51. The van der Waals surface area contributed by atoms with E-state index in [0.717, 1.165) is 0 Å². The van der Waals surface area contributed by atoms with E-state index >= 15 is 0 Å². The van der Waals surface area contributed by atoms with Gasteiger partial charge in [-0.1, -0.05) is 19.1 Å². The molecule has 18 heavy (non-hydrogen) atoms. The summed E-state index contributed by atoms with van der Waals surface area (Å²) in [5.74, 6) is -0.0513. The summed E-state index contributed by atoms with van der Waals surface area (Å²) < 4.78 is 13.0. The minimum Gasteiger partial charge on any atom is -0.348 e. The SMILES string of the molecule is CCC(CCl)(CCl)NC(=O)Cc1cccc(F)c1. The molecular formula is C13H16Cl2FNO. The van der Waals surface area contributed by atoms with Crippen molar-refractivity contribution in [3.63, 3.8) is 0 Å². The summed E-state index contributed by atoms with van der Waals surface area (Å²) in [5.41, 5.74) is 0.0368. The van der Waals surface area contributed by atoms with Crippen LogP contribution in [0.2, 0.25) is 0 Å². The highest BCUT2D eigenvalue weighted by molar-refractivity contribution is 6.22. The first-order valence-electron chi connectivity index (χ1n) is 5.72. The molecule has 0 saturated carbocycles. The number of hydrogen-bond acceptors (Lipinski definition) is 1. The maximum Gasteiger partial charge on any atom is 0.224 e. The molecule has 1 aromatic rings. The fourth-order valence-corrected chi connectivity index (χ4v) is 2.35. The van der Waals surface area contributed by atoms with Crippen LogP contribution in [0.4, 0.5) is 4.39 Å². The van der Waals surface area contributed by atoms with E-state index in [-0.39, 0.29) is 29.9 Å². The van der Waals surface area contributed by atoms with Crippen molar-refractivity contribution in [3.8, 4) is 0 Å². The van der Waals surface area contributed by atoms with E-state index in [1.165, 1.54) is 12.1 Å². The Morgan fingerprint density at radius 2 is 2.06 bits per heavy atom. The highest BCUT2D eigenvalue weighted by atomic mass is 35.5. The summed E-state index contributed by atoms with van der Waals surface area (Å²) in [5, 5.41) is 2.82. The second-order valence-corrected chi connectivity index (χ2v) is 4.79. The Morgan fingerprint density at radius 3 is 2.56 bits per heavy atom. The van der Waals surface area contributed by atoms with Crippen molar-refractivity contribution >= 4 is 29.1 Å². The largest absolute Gasteiger partial charge is 0.348 e. The first-order chi connectivity index (χ1) is 8.55. The Kier molecular flexibility index (Phi) is 5.89. The lowest BCUT2D eigenvalue weighted by atomic mass is 10.0. The number of benzene rings is 1. The first-order valence-corrected chi connectivity index (χ1v) is 6.79. The monoisotopic (exact) mass is 291 g/mol. The zero-order chi connectivity index (χ0) is 13.6. The van der Waals surface area contributed by atoms with Crippen molar-refractivity contribution < 1.29 is 9.18 Å². The molecule has 1 aromatic carbocycles. The van der Waals surface area contributed by atoms with E-state index in [1.54, 1.807) is 12.1 Å². The summed E-state index contributed by atoms with van der Waals surface area (Å²) in [6, 6.07) is 5.97. The first kappa shape index (κ1) is 15.3. The highest BCUT2D eigenvalue weighted by Gasteiger charge is 2.28. The van der Waals surface area contributed by atoms with Crippen molar-refractivity contribution in [2.45, 2.75) is 25.3 Å². The lowest BCUT2D eigenvalue weighted by molar-refractivity contribution is -0.122. The van der Waals surface area contributed by atoms with Crippen LogP contribution in [0.15, 0.2) is 24.3 Å². The van der Waals surface area contributed by atoms with E-state index in [4.69, 9.17) is 23.2 Å². The molecule has 0 fully saturated rings. The lowest BCUT2D eigenvalue weighted by Gasteiger charge is -2.29. The summed E-state index contributed by atoms with van der Waals surface area (Å²) in [7, 11) is 0. The maximum absolute atomic E-state index is 13.0. The Hall–Kier alpha value is -0.800. The summed E-state index contributed by atoms with van der Waals surface area (Å²) in [6.45, 7) is 1.91. The van der Waals surface area contributed by atoms with Crippen LogP contribution in [0.3, 0.4) is 0 Å². The van der Waals surface area contributed by atoms with Gasteiger partial charge in [0.25, 0.3) is 0 Å². The number of amides is 1. The van der Waals surface area contributed by atoms with Crippen LogP contribution >= 0.6 is 23.2 Å². The predicted molar refractivity (Wildman–Crippen MR) is 72.7 cm³/mol. The van der Waals surface area contributed by atoms with Gasteiger partial charge in [0.2, 0.25) is 5.91 Å². The topological polar surface area (TPSA) is 29.1 Å². The summed E-state index contributed by atoms with van der Waals surface area (Å²) >= 11 is 11.7. The van der Waals surface area contributed by atoms with E-state index in [1.807, 2.05) is 6.92 Å². The number of halogens is 3. The molecule has 2 nitrogen and oxygen atoms in total. The molecule has 0 unspecified atom stereocenters. The van der Waals surface area contributed by atoms with Crippen molar-refractivity contribution in [3.05, 3.63) is 35.6 Å². The molecule has 0 saturated heterocycles. The second kappa shape index (κ2) is 6.95. The Bertz CT molecular complexity index is 399. The minimum absolute atomic E-state index is 0.118.